The van der Waals surface area contributed by atoms with Crippen LogP contribution in [0.25, 0.3) is 11.1 Å². The van der Waals surface area contributed by atoms with Crippen molar-refractivity contribution in [2.45, 2.75) is 13.0 Å². The monoisotopic (exact) mass is 347 g/mol. The van der Waals surface area contributed by atoms with Crippen LogP contribution in [0.2, 0.25) is 0 Å². The van der Waals surface area contributed by atoms with Crippen LogP contribution < -0.4 is 5.76 Å². The predicted molar refractivity (Wildman–Crippen MR) is 84.4 cm³/mol. The molecule has 0 spiro atoms. The topological polar surface area (TPSA) is 55.4 Å². The summed E-state index contributed by atoms with van der Waals surface area (Å²) in [6, 6.07) is 11.0. The third-order valence-electron chi connectivity index (χ3n) is 3.74. The van der Waals surface area contributed by atoms with Gasteiger partial charge in [-0.25, -0.2) is 4.79 Å². The first kappa shape index (κ1) is 14.1. The van der Waals surface area contributed by atoms with Crippen LogP contribution in [0.15, 0.2) is 50.1 Å². The van der Waals surface area contributed by atoms with Gasteiger partial charge in [0, 0.05) is 11.5 Å². The minimum atomic E-state index is -0.766. The molecule has 1 aromatic heterocycles. The summed E-state index contributed by atoms with van der Waals surface area (Å²) in [6.07, 6.45) is -0.766. The normalized spacial score (nSPS) is 12.8. The highest BCUT2D eigenvalue weighted by atomic mass is 79.9. The molecular formula is C16H14BrNO3. The van der Waals surface area contributed by atoms with Crippen molar-refractivity contribution in [3.63, 3.8) is 0 Å². The molecule has 0 amide bonds. The van der Waals surface area contributed by atoms with Crippen molar-refractivity contribution in [1.82, 2.24) is 4.57 Å². The number of benzene rings is 2. The van der Waals surface area contributed by atoms with E-state index in [-0.39, 0.29) is 0 Å². The summed E-state index contributed by atoms with van der Waals surface area (Å²) >= 11 is 3.47. The molecule has 1 heterocycles. The van der Waals surface area contributed by atoms with Gasteiger partial charge in [-0.05, 0) is 41.8 Å². The Morgan fingerprint density at radius 1 is 1.29 bits per heavy atom. The molecule has 3 aromatic rings. The maximum atomic E-state index is 11.5. The minimum Gasteiger partial charge on any atom is -0.408 e. The van der Waals surface area contributed by atoms with E-state index in [1.54, 1.807) is 19.2 Å². The van der Waals surface area contributed by atoms with Crippen molar-refractivity contribution in [2.75, 3.05) is 0 Å². The second-order valence-electron chi connectivity index (χ2n) is 5.01. The standard InChI is InChI=1S/C16H14BrNO3/c1-9-11(4-3-5-12(9)17)15(19)10-6-7-13-14(8-10)21-16(20)18(13)2/h3-8,15,19H,1-2H3. The molecule has 0 bridgehead atoms. The lowest BCUT2D eigenvalue weighted by atomic mass is 9.97. The highest BCUT2D eigenvalue weighted by molar-refractivity contribution is 9.10. The summed E-state index contributed by atoms with van der Waals surface area (Å²) in [5.74, 6) is -0.407. The molecule has 0 fully saturated rings. The molecule has 21 heavy (non-hydrogen) atoms. The van der Waals surface area contributed by atoms with Crippen LogP contribution in [0.4, 0.5) is 0 Å². The van der Waals surface area contributed by atoms with E-state index >= 15 is 0 Å². The van der Waals surface area contributed by atoms with E-state index < -0.39 is 11.9 Å². The van der Waals surface area contributed by atoms with Crippen LogP contribution >= 0.6 is 15.9 Å². The largest absolute Gasteiger partial charge is 0.419 e. The van der Waals surface area contributed by atoms with Gasteiger partial charge in [0.1, 0.15) is 6.10 Å². The van der Waals surface area contributed by atoms with Crippen LogP contribution in [0.5, 0.6) is 0 Å². The zero-order valence-electron chi connectivity index (χ0n) is 11.6. The summed E-state index contributed by atoms with van der Waals surface area (Å²) in [7, 11) is 1.66. The smallest absolute Gasteiger partial charge is 0.408 e. The van der Waals surface area contributed by atoms with Gasteiger partial charge in [-0.15, -0.1) is 0 Å². The Labute approximate surface area is 129 Å². The Morgan fingerprint density at radius 3 is 2.81 bits per heavy atom. The highest BCUT2D eigenvalue weighted by Gasteiger charge is 2.16. The van der Waals surface area contributed by atoms with E-state index in [9.17, 15) is 9.90 Å². The van der Waals surface area contributed by atoms with Crippen LogP contribution in [-0.2, 0) is 7.05 Å². The average molecular weight is 348 g/mol. The molecule has 1 N–H and O–H groups in total. The van der Waals surface area contributed by atoms with Crippen LogP contribution in [0, 0.1) is 6.92 Å². The van der Waals surface area contributed by atoms with Crippen LogP contribution in [0.3, 0.4) is 0 Å². The lowest BCUT2D eigenvalue weighted by molar-refractivity contribution is 0.219. The number of rotatable bonds is 2. The third-order valence-corrected chi connectivity index (χ3v) is 4.60. The number of nitrogens with zero attached hydrogens (tertiary/aromatic N) is 1. The molecule has 0 aliphatic heterocycles. The maximum Gasteiger partial charge on any atom is 0.419 e. The number of fused-ring (bicyclic) bond motifs is 1. The Morgan fingerprint density at radius 2 is 2.05 bits per heavy atom. The van der Waals surface area contributed by atoms with E-state index in [0.29, 0.717) is 16.7 Å². The SMILES string of the molecule is Cc1c(Br)cccc1C(O)c1ccc2c(c1)oc(=O)n2C. The third kappa shape index (κ3) is 2.32. The Bertz CT molecular complexity index is 879. The molecule has 0 saturated heterocycles. The fourth-order valence-electron chi connectivity index (χ4n) is 2.42. The summed E-state index contributed by atoms with van der Waals surface area (Å²) in [5.41, 5.74) is 3.69. The predicted octanol–water partition coefficient (Wildman–Crippen LogP) is 3.28. The number of aliphatic hydroxyl groups is 1. The van der Waals surface area contributed by atoms with E-state index in [1.165, 1.54) is 4.57 Å². The minimum absolute atomic E-state index is 0.407. The second kappa shape index (κ2) is 5.16. The average Bonchev–Trinajstić information content (AvgIpc) is 2.76. The molecule has 0 radical (unpaired) electrons. The molecule has 3 rings (SSSR count). The zero-order valence-corrected chi connectivity index (χ0v) is 13.2. The molecule has 0 aliphatic rings. The van der Waals surface area contributed by atoms with Crippen molar-refractivity contribution >= 4 is 27.0 Å². The van der Waals surface area contributed by atoms with Crippen molar-refractivity contribution in [2.24, 2.45) is 7.05 Å². The Kier molecular flexibility index (Phi) is 3.47. The van der Waals surface area contributed by atoms with Gasteiger partial charge < -0.3 is 9.52 Å². The summed E-state index contributed by atoms with van der Waals surface area (Å²) in [5, 5.41) is 10.6. The van der Waals surface area contributed by atoms with Crippen LogP contribution in [-0.4, -0.2) is 9.67 Å². The fourth-order valence-corrected chi connectivity index (χ4v) is 2.80. The quantitative estimate of drug-likeness (QED) is 0.773. The van der Waals surface area contributed by atoms with Crippen molar-refractivity contribution in [1.29, 1.82) is 0 Å². The lowest BCUT2D eigenvalue weighted by Gasteiger charge is -2.15. The van der Waals surface area contributed by atoms with E-state index in [4.69, 9.17) is 4.42 Å². The molecule has 0 saturated carbocycles. The van der Waals surface area contributed by atoms with Crippen LogP contribution in [0.1, 0.15) is 22.8 Å². The molecule has 2 aromatic carbocycles. The number of oxazole rings is 1. The Balaban J connectivity index is 2.11. The van der Waals surface area contributed by atoms with E-state index in [0.717, 1.165) is 15.6 Å². The summed E-state index contributed by atoms with van der Waals surface area (Å²) < 4.78 is 7.56. The summed E-state index contributed by atoms with van der Waals surface area (Å²) in [4.78, 5) is 11.5. The van der Waals surface area contributed by atoms with Gasteiger partial charge in [0.2, 0.25) is 0 Å². The van der Waals surface area contributed by atoms with Gasteiger partial charge in [-0.2, -0.15) is 0 Å². The van der Waals surface area contributed by atoms with Gasteiger partial charge in [-0.3, -0.25) is 4.57 Å². The maximum absolute atomic E-state index is 11.5. The molecule has 5 heteroatoms. The zero-order chi connectivity index (χ0) is 15.1. The second-order valence-corrected chi connectivity index (χ2v) is 5.87. The number of halogens is 1. The number of aliphatic hydroxyl groups excluding tert-OH is 1. The number of aromatic nitrogens is 1. The van der Waals surface area contributed by atoms with Gasteiger partial charge in [0.15, 0.2) is 5.58 Å². The first-order valence-electron chi connectivity index (χ1n) is 6.51. The van der Waals surface area contributed by atoms with Gasteiger partial charge >= 0.3 is 5.76 Å². The fraction of sp³-hybridized carbons (Fsp3) is 0.188. The molecule has 1 atom stereocenters. The number of hydrogen-bond acceptors (Lipinski definition) is 3. The molecule has 108 valence electrons. The van der Waals surface area contributed by atoms with Gasteiger partial charge in [0.25, 0.3) is 0 Å². The summed E-state index contributed by atoms with van der Waals surface area (Å²) in [6.45, 7) is 1.95. The molecule has 0 aliphatic carbocycles. The lowest BCUT2D eigenvalue weighted by Crippen LogP contribution is -2.08. The first-order chi connectivity index (χ1) is 9.99. The first-order valence-corrected chi connectivity index (χ1v) is 7.31. The van der Waals surface area contributed by atoms with Crippen molar-refractivity contribution < 1.29 is 9.52 Å². The Hall–Kier alpha value is -1.85. The molecule has 4 nitrogen and oxygen atoms in total. The van der Waals surface area contributed by atoms with E-state index in [1.807, 2.05) is 31.2 Å². The number of aryl methyl sites for hydroxylation is 1. The van der Waals surface area contributed by atoms with Gasteiger partial charge in [0.05, 0.1) is 5.52 Å². The van der Waals surface area contributed by atoms with Crippen molar-refractivity contribution in [3.8, 4) is 0 Å². The molecule has 1 unspecified atom stereocenters. The van der Waals surface area contributed by atoms with Gasteiger partial charge in [-0.1, -0.05) is 34.1 Å². The number of hydrogen-bond donors (Lipinski definition) is 1. The van der Waals surface area contributed by atoms with E-state index in [2.05, 4.69) is 15.9 Å². The molecular weight excluding hydrogens is 334 g/mol. The van der Waals surface area contributed by atoms with Crippen molar-refractivity contribution in [3.05, 3.63) is 68.1 Å². The highest BCUT2D eigenvalue weighted by Crippen LogP contribution is 2.30.